The van der Waals surface area contributed by atoms with E-state index in [1.165, 1.54) is 0 Å². The molecule has 0 rings (SSSR count). The molecule has 0 spiro atoms. The van der Waals surface area contributed by atoms with Crippen molar-refractivity contribution in [3.05, 3.63) is 11.1 Å². The van der Waals surface area contributed by atoms with E-state index in [1.54, 1.807) is 0 Å². The molecule has 0 saturated heterocycles. The van der Waals surface area contributed by atoms with Crippen molar-refractivity contribution in [2.45, 2.75) is 38.7 Å². The van der Waals surface area contributed by atoms with Crippen LogP contribution in [0, 0.1) is 0 Å². The summed E-state index contributed by atoms with van der Waals surface area (Å²) in [5, 5.41) is 9.26. The minimum Gasteiger partial charge on any atom is -0.393 e. The second-order valence-electron chi connectivity index (χ2n) is 2.52. The molecule has 0 aromatic heterocycles. The lowest BCUT2D eigenvalue weighted by molar-refractivity contribution is 0.164. The van der Waals surface area contributed by atoms with E-state index in [4.69, 9.17) is 0 Å². The van der Waals surface area contributed by atoms with Gasteiger partial charge in [-0.2, -0.15) is 0 Å². The van der Waals surface area contributed by atoms with Gasteiger partial charge in [0, 0.05) is 6.42 Å². The topological polar surface area (TPSA) is 20.2 Å². The lowest BCUT2D eigenvalue weighted by Gasteiger charge is -2.07. The summed E-state index contributed by atoms with van der Waals surface area (Å²) in [6, 6.07) is 0. The van der Waals surface area contributed by atoms with Gasteiger partial charge in [-0.15, -0.1) is 0 Å². The van der Waals surface area contributed by atoms with Gasteiger partial charge in [-0.3, -0.25) is 0 Å². The third-order valence-electron chi connectivity index (χ3n) is 1.35. The van der Waals surface area contributed by atoms with Gasteiger partial charge in [0.1, 0.15) is 0 Å². The van der Waals surface area contributed by atoms with Crippen molar-refractivity contribution in [3.8, 4) is 0 Å². The molecule has 1 atom stereocenters. The second kappa shape index (κ2) is 5.93. The molecule has 0 fully saturated rings. The van der Waals surface area contributed by atoms with Crippen LogP contribution in [0.15, 0.2) is 11.1 Å². The SMILES string of the molecule is C=C(Br)CC(O)CCCC. The highest BCUT2D eigenvalue weighted by Crippen LogP contribution is 2.13. The van der Waals surface area contributed by atoms with Gasteiger partial charge < -0.3 is 5.11 Å². The Morgan fingerprint density at radius 1 is 1.70 bits per heavy atom. The third-order valence-corrected chi connectivity index (χ3v) is 1.67. The van der Waals surface area contributed by atoms with Crippen molar-refractivity contribution in [1.82, 2.24) is 0 Å². The molecule has 0 aliphatic rings. The van der Waals surface area contributed by atoms with Crippen LogP contribution < -0.4 is 0 Å². The fraction of sp³-hybridized carbons (Fsp3) is 0.750. The van der Waals surface area contributed by atoms with Gasteiger partial charge in [0.2, 0.25) is 0 Å². The van der Waals surface area contributed by atoms with Gasteiger partial charge in [-0.1, -0.05) is 42.3 Å². The highest BCUT2D eigenvalue weighted by Gasteiger charge is 2.02. The molecule has 0 heterocycles. The Labute approximate surface area is 71.3 Å². The molecule has 1 nitrogen and oxygen atoms in total. The average molecular weight is 207 g/mol. The second-order valence-corrected chi connectivity index (χ2v) is 3.64. The average Bonchev–Trinajstić information content (AvgIpc) is 1.82. The molecule has 0 aromatic carbocycles. The summed E-state index contributed by atoms with van der Waals surface area (Å²) in [5.41, 5.74) is 0. The summed E-state index contributed by atoms with van der Waals surface area (Å²) in [4.78, 5) is 0. The number of unbranched alkanes of at least 4 members (excludes halogenated alkanes) is 1. The van der Waals surface area contributed by atoms with Crippen molar-refractivity contribution < 1.29 is 5.11 Å². The summed E-state index contributed by atoms with van der Waals surface area (Å²) in [5.74, 6) is 0. The van der Waals surface area contributed by atoms with E-state index in [9.17, 15) is 5.11 Å². The maximum absolute atomic E-state index is 9.26. The largest absolute Gasteiger partial charge is 0.393 e. The van der Waals surface area contributed by atoms with Crippen LogP contribution in [0.2, 0.25) is 0 Å². The third kappa shape index (κ3) is 6.30. The Kier molecular flexibility index (Phi) is 6.03. The molecular weight excluding hydrogens is 192 g/mol. The zero-order chi connectivity index (χ0) is 7.98. The molecule has 1 unspecified atom stereocenters. The summed E-state index contributed by atoms with van der Waals surface area (Å²) in [6.45, 7) is 5.78. The monoisotopic (exact) mass is 206 g/mol. The lowest BCUT2D eigenvalue weighted by atomic mass is 10.1. The Balaban J connectivity index is 3.25. The van der Waals surface area contributed by atoms with E-state index < -0.39 is 0 Å². The molecule has 0 aromatic rings. The highest BCUT2D eigenvalue weighted by atomic mass is 79.9. The van der Waals surface area contributed by atoms with Crippen LogP contribution in [0.1, 0.15) is 32.6 Å². The van der Waals surface area contributed by atoms with E-state index in [0.717, 1.165) is 23.7 Å². The normalized spacial score (nSPS) is 13.1. The van der Waals surface area contributed by atoms with E-state index in [0.29, 0.717) is 6.42 Å². The standard InChI is InChI=1S/C8H15BrO/c1-3-4-5-8(10)6-7(2)9/h8,10H,2-6H2,1H3. The van der Waals surface area contributed by atoms with Crippen LogP contribution in [0.4, 0.5) is 0 Å². The molecule has 0 saturated carbocycles. The number of aliphatic hydroxyl groups excluding tert-OH is 1. The smallest absolute Gasteiger partial charge is 0.0585 e. The van der Waals surface area contributed by atoms with Crippen molar-refractivity contribution in [1.29, 1.82) is 0 Å². The van der Waals surface area contributed by atoms with Gasteiger partial charge >= 0.3 is 0 Å². The zero-order valence-corrected chi connectivity index (χ0v) is 8.02. The summed E-state index contributed by atoms with van der Waals surface area (Å²) in [7, 11) is 0. The van der Waals surface area contributed by atoms with E-state index in [1.807, 2.05) is 0 Å². The Hall–Kier alpha value is 0.180. The van der Waals surface area contributed by atoms with Crippen LogP contribution in [0.3, 0.4) is 0 Å². The number of halogens is 1. The molecule has 0 bridgehead atoms. The molecule has 0 aliphatic heterocycles. The Morgan fingerprint density at radius 2 is 2.30 bits per heavy atom. The first-order valence-electron chi connectivity index (χ1n) is 3.68. The fourth-order valence-corrected chi connectivity index (χ4v) is 1.17. The molecule has 0 aliphatic carbocycles. The first-order valence-corrected chi connectivity index (χ1v) is 4.47. The van der Waals surface area contributed by atoms with Gasteiger partial charge in [-0.25, -0.2) is 0 Å². The van der Waals surface area contributed by atoms with Crippen LogP contribution in [-0.2, 0) is 0 Å². The van der Waals surface area contributed by atoms with Crippen molar-refractivity contribution in [2.75, 3.05) is 0 Å². The highest BCUT2D eigenvalue weighted by molar-refractivity contribution is 9.11. The first-order chi connectivity index (χ1) is 4.66. The zero-order valence-electron chi connectivity index (χ0n) is 6.44. The van der Waals surface area contributed by atoms with Crippen LogP contribution in [-0.4, -0.2) is 11.2 Å². The number of aliphatic hydroxyl groups is 1. The first kappa shape index (κ1) is 10.2. The predicted octanol–water partition coefficient (Wildman–Crippen LogP) is 2.84. The molecule has 0 amide bonds. The number of rotatable bonds is 5. The van der Waals surface area contributed by atoms with Crippen molar-refractivity contribution >= 4 is 15.9 Å². The number of hydrogen-bond donors (Lipinski definition) is 1. The molecule has 60 valence electrons. The molecule has 0 radical (unpaired) electrons. The summed E-state index contributed by atoms with van der Waals surface area (Å²) < 4.78 is 0.885. The van der Waals surface area contributed by atoms with Gasteiger partial charge in [0.15, 0.2) is 0 Å². The van der Waals surface area contributed by atoms with Crippen LogP contribution in [0.25, 0.3) is 0 Å². The van der Waals surface area contributed by atoms with Gasteiger partial charge in [0.25, 0.3) is 0 Å². The fourth-order valence-electron chi connectivity index (χ4n) is 0.797. The van der Waals surface area contributed by atoms with Crippen molar-refractivity contribution in [3.63, 3.8) is 0 Å². The lowest BCUT2D eigenvalue weighted by Crippen LogP contribution is -2.04. The molecule has 2 heteroatoms. The van der Waals surface area contributed by atoms with Crippen molar-refractivity contribution in [2.24, 2.45) is 0 Å². The quantitative estimate of drug-likeness (QED) is 0.734. The predicted molar refractivity (Wildman–Crippen MR) is 48.2 cm³/mol. The Morgan fingerprint density at radius 3 is 2.70 bits per heavy atom. The van der Waals surface area contributed by atoms with E-state index in [2.05, 4.69) is 29.4 Å². The van der Waals surface area contributed by atoms with Gasteiger partial charge in [0.05, 0.1) is 6.10 Å². The maximum atomic E-state index is 9.26. The van der Waals surface area contributed by atoms with E-state index in [-0.39, 0.29) is 6.10 Å². The van der Waals surface area contributed by atoms with Crippen LogP contribution in [0.5, 0.6) is 0 Å². The Bertz CT molecular complexity index is 101. The summed E-state index contributed by atoms with van der Waals surface area (Å²) in [6.07, 6.45) is 3.61. The summed E-state index contributed by atoms with van der Waals surface area (Å²) >= 11 is 3.21. The van der Waals surface area contributed by atoms with Crippen LogP contribution >= 0.6 is 15.9 Å². The molecule has 1 N–H and O–H groups in total. The minimum atomic E-state index is -0.202. The maximum Gasteiger partial charge on any atom is 0.0585 e. The molecule has 10 heavy (non-hydrogen) atoms. The van der Waals surface area contributed by atoms with Gasteiger partial charge in [-0.05, 0) is 10.9 Å². The molecular formula is C8H15BrO. The van der Waals surface area contributed by atoms with E-state index >= 15 is 0 Å². The number of hydrogen-bond acceptors (Lipinski definition) is 1. The minimum absolute atomic E-state index is 0.202.